The number of thioether (sulfide) groups is 1. The summed E-state index contributed by atoms with van der Waals surface area (Å²) < 4.78 is 2.08. The van der Waals surface area contributed by atoms with Crippen molar-refractivity contribution in [2.24, 2.45) is 0 Å². The van der Waals surface area contributed by atoms with Crippen LogP contribution >= 0.6 is 11.8 Å². The molecule has 0 saturated heterocycles. The third-order valence-corrected chi connectivity index (χ3v) is 3.37. The maximum atomic E-state index is 4.31. The van der Waals surface area contributed by atoms with Crippen LogP contribution in [0.2, 0.25) is 0 Å². The number of aryl methyl sites for hydroxylation is 1. The molecule has 0 unspecified atom stereocenters. The summed E-state index contributed by atoms with van der Waals surface area (Å²) in [5.41, 5.74) is 1.13. The molecule has 0 aliphatic rings. The number of aromatic nitrogens is 4. The van der Waals surface area contributed by atoms with Gasteiger partial charge in [0.1, 0.15) is 0 Å². The second-order valence-corrected chi connectivity index (χ2v) is 5.37. The molecule has 102 valence electrons. The Hall–Kier alpha value is -1.40. The van der Waals surface area contributed by atoms with Gasteiger partial charge in [-0.05, 0) is 18.7 Å². The van der Waals surface area contributed by atoms with E-state index in [9.17, 15) is 0 Å². The molecule has 0 amide bonds. The van der Waals surface area contributed by atoms with Crippen LogP contribution in [0.15, 0.2) is 36.3 Å². The minimum Gasteiger partial charge on any atom is -0.337 e. The van der Waals surface area contributed by atoms with Crippen LogP contribution < -0.4 is 5.32 Å². The van der Waals surface area contributed by atoms with Crippen LogP contribution in [-0.4, -0.2) is 31.8 Å². The van der Waals surface area contributed by atoms with E-state index >= 15 is 0 Å². The molecule has 6 heteroatoms. The summed E-state index contributed by atoms with van der Waals surface area (Å²) in [6.45, 7) is 4.89. The first-order valence-corrected chi connectivity index (χ1v) is 7.47. The van der Waals surface area contributed by atoms with E-state index in [0.29, 0.717) is 0 Å². The Balaban J connectivity index is 1.62. The first kappa shape index (κ1) is 14.0. The van der Waals surface area contributed by atoms with E-state index in [-0.39, 0.29) is 0 Å². The van der Waals surface area contributed by atoms with Crippen molar-refractivity contribution in [3.8, 4) is 0 Å². The SMILES string of the molecule is CCSc1ncc(CNCCCn2ccnc2)cn1. The number of rotatable bonds is 8. The number of nitrogens with zero attached hydrogens (tertiary/aromatic N) is 4. The van der Waals surface area contributed by atoms with Gasteiger partial charge in [0.25, 0.3) is 0 Å². The molecule has 2 aromatic heterocycles. The fourth-order valence-electron chi connectivity index (χ4n) is 1.68. The smallest absolute Gasteiger partial charge is 0.187 e. The zero-order chi connectivity index (χ0) is 13.3. The molecule has 2 aromatic rings. The van der Waals surface area contributed by atoms with Gasteiger partial charge in [-0.1, -0.05) is 18.7 Å². The largest absolute Gasteiger partial charge is 0.337 e. The highest BCUT2D eigenvalue weighted by Crippen LogP contribution is 2.10. The lowest BCUT2D eigenvalue weighted by molar-refractivity contribution is 0.579. The van der Waals surface area contributed by atoms with Gasteiger partial charge in [-0.3, -0.25) is 0 Å². The van der Waals surface area contributed by atoms with Gasteiger partial charge >= 0.3 is 0 Å². The summed E-state index contributed by atoms with van der Waals surface area (Å²) in [5, 5.41) is 4.25. The maximum absolute atomic E-state index is 4.31. The number of hydrogen-bond donors (Lipinski definition) is 1. The van der Waals surface area contributed by atoms with Crippen molar-refractivity contribution >= 4 is 11.8 Å². The van der Waals surface area contributed by atoms with Gasteiger partial charge in [0.05, 0.1) is 6.33 Å². The van der Waals surface area contributed by atoms with Crippen molar-refractivity contribution in [3.63, 3.8) is 0 Å². The van der Waals surface area contributed by atoms with Crippen molar-refractivity contribution in [3.05, 3.63) is 36.7 Å². The molecule has 0 fully saturated rings. The predicted octanol–water partition coefficient (Wildman–Crippen LogP) is 1.96. The lowest BCUT2D eigenvalue weighted by atomic mass is 10.3. The summed E-state index contributed by atoms with van der Waals surface area (Å²) in [5.74, 6) is 1.01. The fourth-order valence-corrected chi connectivity index (χ4v) is 2.19. The van der Waals surface area contributed by atoms with Crippen LogP contribution in [0.3, 0.4) is 0 Å². The van der Waals surface area contributed by atoms with Crippen LogP contribution in [0.1, 0.15) is 18.9 Å². The monoisotopic (exact) mass is 277 g/mol. The highest BCUT2D eigenvalue weighted by Gasteiger charge is 1.97. The minimum atomic E-state index is 0.820. The molecule has 0 saturated carbocycles. The Bertz CT molecular complexity index is 454. The van der Waals surface area contributed by atoms with Gasteiger partial charge in [0.2, 0.25) is 0 Å². The molecule has 0 spiro atoms. The quantitative estimate of drug-likeness (QED) is 0.454. The topological polar surface area (TPSA) is 55.6 Å². The van der Waals surface area contributed by atoms with Gasteiger partial charge in [0.15, 0.2) is 5.16 Å². The van der Waals surface area contributed by atoms with E-state index in [1.165, 1.54) is 0 Å². The van der Waals surface area contributed by atoms with Crippen molar-refractivity contribution in [1.29, 1.82) is 0 Å². The van der Waals surface area contributed by atoms with Crippen molar-refractivity contribution < 1.29 is 0 Å². The Kier molecular flexibility index (Phi) is 5.84. The molecular weight excluding hydrogens is 258 g/mol. The van der Waals surface area contributed by atoms with E-state index in [4.69, 9.17) is 0 Å². The van der Waals surface area contributed by atoms with Crippen LogP contribution in [0, 0.1) is 0 Å². The standard InChI is InChI=1S/C13H19N5S/c1-2-19-13-16-9-12(10-17-13)8-14-4-3-6-18-7-5-15-11-18/h5,7,9-11,14H,2-4,6,8H2,1H3. The van der Waals surface area contributed by atoms with E-state index in [1.54, 1.807) is 18.0 Å². The third-order valence-electron chi connectivity index (χ3n) is 2.61. The second kappa shape index (κ2) is 7.91. The molecule has 0 bridgehead atoms. The van der Waals surface area contributed by atoms with Crippen molar-refractivity contribution in [1.82, 2.24) is 24.8 Å². The zero-order valence-electron chi connectivity index (χ0n) is 11.1. The zero-order valence-corrected chi connectivity index (χ0v) is 11.9. The summed E-state index contributed by atoms with van der Waals surface area (Å²) in [4.78, 5) is 12.6. The van der Waals surface area contributed by atoms with Gasteiger partial charge in [-0.15, -0.1) is 0 Å². The van der Waals surface area contributed by atoms with Crippen molar-refractivity contribution in [2.75, 3.05) is 12.3 Å². The maximum Gasteiger partial charge on any atom is 0.187 e. The van der Waals surface area contributed by atoms with Gasteiger partial charge in [-0.25, -0.2) is 15.0 Å². The molecule has 19 heavy (non-hydrogen) atoms. The number of nitrogens with one attached hydrogen (secondary N) is 1. The summed E-state index contributed by atoms with van der Waals surface area (Å²) in [6, 6.07) is 0. The molecule has 0 aliphatic heterocycles. The average Bonchev–Trinajstić information content (AvgIpc) is 2.94. The van der Waals surface area contributed by atoms with Crippen LogP contribution in [0.4, 0.5) is 0 Å². The highest BCUT2D eigenvalue weighted by molar-refractivity contribution is 7.99. The first-order valence-electron chi connectivity index (χ1n) is 6.48. The molecular formula is C13H19N5S. The molecule has 0 aromatic carbocycles. The Labute approximate surface area is 117 Å². The Morgan fingerprint density at radius 3 is 2.84 bits per heavy atom. The molecule has 2 heterocycles. The average molecular weight is 277 g/mol. The lowest BCUT2D eigenvalue weighted by Gasteiger charge is -2.05. The molecule has 0 radical (unpaired) electrons. The predicted molar refractivity (Wildman–Crippen MR) is 77.0 cm³/mol. The van der Waals surface area contributed by atoms with Gasteiger partial charge in [-0.2, -0.15) is 0 Å². The van der Waals surface area contributed by atoms with Crippen molar-refractivity contribution in [2.45, 2.75) is 31.6 Å². The minimum absolute atomic E-state index is 0.820. The summed E-state index contributed by atoms with van der Waals surface area (Å²) in [7, 11) is 0. The third kappa shape index (κ3) is 5.00. The van der Waals surface area contributed by atoms with E-state index in [0.717, 1.165) is 42.5 Å². The second-order valence-electron chi connectivity index (χ2n) is 4.14. The molecule has 2 rings (SSSR count). The molecule has 1 N–H and O–H groups in total. The fraction of sp³-hybridized carbons (Fsp3) is 0.462. The van der Waals surface area contributed by atoms with E-state index in [1.807, 2.05) is 24.9 Å². The number of hydrogen-bond acceptors (Lipinski definition) is 5. The highest BCUT2D eigenvalue weighted by atomic mass is 32.2. The van der Waals surface area contributed by atoms with Crippen LogP contribution in [0.25, 0.3) is 0 Å². The first-order chi connectivity index (χ1) is 9.38. The summed E-state index contributed by atoms with van der Waals surface area (Å²) in [6.07, 6.45) is 10.5. The van der Waals surface area contributed by atoms with E-state index < -0.39 is 0 Å². The van der Waals surface area contributed by atoms with E-state index in [2.05, 4.69) is 31.8 Å². The van der Waals surface area contributed by atoms with Gasteiger partial charge in [0, 0.05) is 43.4 Å². The molecule has 0 atom stereocenters. The summed E-state index contributed by atoms with van der Waals surface area (Å²) >= 11 is 1.66. The van der Waals surface area contributed by atoms with Crippen LogP contribution in [-0.2, 0) is 13.1 Å². The van der Waals surface area contributed by atoms with Crippen LogP contribution in [0.5, 0.6) is 0 Å². The molecule has 5 nitrogen and oxygen atoms in total. The van der Waals surface area contributed by atoms with Gasteiger partial charge < -0.3 is 9.88 Å². The Morgan fingerprint density at radius 2 is 2.16 bits per heavy atom. The number of imidazole rings is 1. The normalized spacial score (nSPS) is 10.8. The Morgan fingerprint density at radius 1 is 1.32 bits per heavy atom. The molecule has 0 aliphatic carbocycles. The lowest BCUT2D eigenvalue weighted by Crippen LogP contribution is -2.16.